The number of aliphatic hydroxyl groups is 1. The maximum Gasteiger partial charge on any atom is 0.388 e. The van der Waals surface area contributed by atoms with E-state index in [1.807, 2.05) is 0 Å². The molecular weight excluding hydrogens is 346 g/mol. The molecule has 0 atom stereocenters. The normalized spacial score (nSPS) is 10.6. The smallest absolute Gasteiger partial charge is 0.388 e. The Morgan fingerprint density at radius 1 is 1.24 bits per heavy atom. The molecule has 0 unspecified atom stereocenters. The number of aliphatic hydroxyl groups excluding tert-OH is 1. The van der Waals surface area contributed by atoms with Gasteiger partial charge < -0.3 is 20.5 Å². The third kappa shape index (κ3) is 5.05. The summed E-state index contributed by atoms with van der Waals surface area (Å²) in [4.78, 5) is 15.4. The number of hydrogen-bond acceptors (Lipinski definition) is 4. The van der Waals surface area contributed by atoms with Crippen molar-refractivity contribution in [3.05, 3.63) is 53.2 Å². The Bertz CT molecular complexity index is 759. The number of benzene rings is 1. The number of rotatable bonds is 6. The predicted octanol–water partition coefficient (Wildman–Crippen LogP) is 2.78. The summed E-state index contributed by atoms with van der Waals surface area (Å²) in [5.41, 5.74) is 0.319. The Morgan fingerprint density at radius 3 is 2.64 bits per heavy atom. The Kier molecular flexibility index (Phi) is 6.12. The van der Waals surface area contributed by atoms with Crippen LogP contribution in [0.1, 0.15) is 11.1 Å². The Balaban J connectivity index is 2.02. The molecule has 2 rings (SSSR count). The predicted molar refractivity (Wildman–Crippen MR) is 79.0 cm³/mol. The zero-order chi connectivity index (χ0) is 18.4. The molecule has 134 valence electrons. The summed E-state index contributed by atoms with van der Waals surface area (Å²) in [7, 11) is 0. The maximum atomic E-state index is 13.1. The number of aromatic nitrogens is 1. The van der Waals surface area contributed by atoms with Crippen LogP contribution in [-0.4, -0.2) is 22.7 Å². The van der Waals surface area contributed by atoms with Gasteiger partial charge in [0.1, 0.15) is 0 Å². The summed E-state index contributed by atoms with van der Waals surface area (Å²) >= 11 is 0. The van der Waals surface area contributed by atoms with Crippen LogP contribution in [0.4, 0.5) is 28.0 Å². The fraction of sp³-hybridized carbons (Fsp3) is 0.200. The average Bonchev–Trinajstić information content (AvgIpc) is 2.56. The van der Waals surface area contributed by atoms with Crippen LogP contribution in [0.5, 0.6) is 5.88 Å². The second-order valence-electron chi connectivity index (χ2n) is 4.73. The van der Waals surface area contributed by atoms with Crippen molar-refractivity contribution in [2.24, 2.45) is 0 Å². The van der Waals surface area contributed by atoms with Gasteiger partial charge in [0.2, 0.25) is 5.88 Å². The van der Waals surface area contributed by atoms with Crippen LogP contribution in [0.25, 0.3) is 0 Å². The highest BCUT2D eigenvalue weighted by Crippen LogP contribution is 2.21. The van der Waals surface area contributed by atoms with Crippen LogP contribution in [0.15, 0.2) is 30.5 Å². The van der Waals surface area contributed by atoms with E-state index in [1.54, 1.807) is 0 Å². The molecule has 0 aliphatic heterocycles. The van der Waals surface area contributed by atoms with Gasteiger partial charge in [-0.2, -0.15) is 8.78 Å². The van der Waals surface area contributed by atoms with Crippen molar-refractivity contribution in [1.29, 1.82) is 0 Å². The van der Waals surface area contributed by atoms with Crippen molar-refractivity contribution in [1.82, 2.24) is 10.3 Å². The van der Waals surface area contributed by atoms with Crippen LogP contribution < -0.4 is 15.4 Å². The largest absolute Gasteiger partial charge is 0.417 e. The van der Waals surface area contributed by atoms with Gasteiger partial charge in [-0.25, -0.2) is 18.6 Å². The van der Waals surface area contributed by atoms with Crippen molar-refractivity contribution < 1.29 is 32.2 Å². The molecule has 10 heteroatoms. The van der Waals surface area contributed by atoms with E-state index in [0.717, 1.165) is 18.2 Å². The second kappa shape index (κ2) is 8.29. The van der Waals surface area contributed by atoms with E-state index in [-0.39, 0.29) is 17.8 Å². The van der Waals surface area contributed by atoms with Gasteiger partial charge in [-0.05, 0) is 23.8 Å². The first kappa shape index (κ1) is 18.5. The lowest BCUT2D eigenvalue weighted by atomic mass is 10.1. The molecule has 6 nitrogen and oxygen atoms in total. The van der Waals surface area contributed by atoms with E-state index in [4.69, 9.17) is 0 Å². The number of nitrogens with one attached hydrogen (secondary N) is 2. The van der Waals surface area contributed by atoms with E-state index in [1.165, 1.54) is 12.3 Å². The zero-order valence-corrected chi connectivity index (χ0v) is 12.6. The highest BCUT2D eigenvalue weighted by Gasteiger charge is 2.15. The number of amides is 2. The fourth-order valence-electron chi connectivity index (χ4n) is 1.96. The molecule has 25 heavy (non-hydrogen) atoms. The van der Waals surface area contributed by atoms with Crippen molar-refractivity contribution in [3.8, 4) is 5.88 Å². The molecule has 0 fully saturated rings. The summed E-state index contributed by atoms with van der Waals surface area (Å²) in [6.45, 7) is -3.89. The van der Waals surface area contributed by atoms with Gasteiger partial charge in [0, 0.05) is 30.1 Å². The standard InChI is InChI=1S/C15H13F4N3O3/c16-11-2-1-9(5-12(11)17)22-15(24)21-6-8-3-4-20-13(10(8)7-23)25-14(18)19/h1-5,14,23H,6-7H2,(H2,21,22,24). The molecule has 0 radical (unpaired) electrons. The Hall–Kier alpha value is -2.88. The highest BCUT2D eigenvalue weighted by atomic mass is 19.3. The first-order chi connectivity index (χ1) is 11.9. The minimum Gasteiger partial charge on any atom is -0.417 e. The van der Waals surface area contributed by atoms with Gasteiger partial charge in [-0.1, -0.05) is 0 Å². The quantitative estimate of drug-likeness (QED) is 0.693. The van der Waals surface area contributed by atoms with Gasteiger partial charge in [0.25, 0.3) is 0 Å². The summed E-state index contributed by atoms with van der Waals surface area (Å²) in [5, 5.41) is 14.0. The first-order valence-electron chi connectivity index (χ1n) is 6.93. The van der Waals surface area contributed by atoms with Crippen LogP contribution in [0.3, 0.4) is 0 Å². The molecule has 0 saturated carbocycles. The summed E-state index contributed by atoms with van der Waals surface area (Å²) in [6, 6.07) is 3.48. The summed E-state index contributed by atoms with van der Waals surface area (Å²) < 4.78 is 54.7. The molecule has 1 aromatic carbocycles. The van der Waals surface area contributed by atoms with Crippen molar-refractivity contribution in [2.45, 2.75) is 19.8 Å². The van der Waals surface area contributed by atoms with Crippen LogP contribution in [0, 0.1) is 11.6 Å². The molecule has 2 aromatic rings. The molecule has 0 aliphatic carbocycles. The molecule has 0 aliphatic rings. The lowest BCUT2D eigenvalue weighted by Crippen LogP contribution is -2.28. The minimum atomic E-state index is -3.11. The number of carbonyl (C=O) groups is 1. The van der Waals surface area contributed by atoms with E-state index >= 15 is 0 Å². The van der Waals surface area contributed by atoms with E-state index in [9.17, 15) is 27.5 Å². The summed E-state index contributed by atoms with van der Waals surface area (Å²) in [5.74, 6) is -2.62. The van der Waals surface area contributed by atoms with E-state index < -0.39 is 36.8 Å². The lowest BCUT2D eigenvalue weighted by molar-refractivity contribution is -0.0540. The fourth-order valence-corrected chi connectivity index (χ4v) is 1.96. The van der Waals surface area contributed by atoms with Crippen molar-refractivity contribution in [2.75, 3.05) is 5.32 Å². The number of nitrogens with zero attached hydrogens (tertiary/aromatic N) is 1. The van der Waals surface area contributed by atoms with Crippen LogP contribution >= 0.6 is 0 Å². The van der Waals surface area contributed by atoms with Gasteiger partial charge in [0.05, 0.1) is 6.61 Å². The van der Waals surface area contributed by atoms with Crippen molar-refractivity contribution in [3.63, 3.8) is 0 Å². The van der Waals surface area contributed by atoms with Gasteiger partial charge in [0.15, 0.2) is 11.6 Å². The Morgan fingerprint density at radius 2 is 2.00 bits per heavy atom. The number of anilines is 1. The number of urea groups is 1. The molecule has 2 amide bonds. The topological polar surface area (TPSA) is 83.5 Å². The third-order valence-electron chi connectivity index (χ3n) is 3.09. The SMILES string of the molecule is O=C(NCc1ccnc(OC(F)F)c1CO)Nc1ccc(F)c(F)c1. The van der Waals surface area contributed by atoms with Crippen LogP contribution in [-0.2, 0) is 13.2 Å². The zero-order valence-electron chi connectivity index (χ0n) is 12.6. The number of pyridine rings is 1. The van der Waals surface area contributed by atoms with E-state index in [0.29, 0.717) is 5.56 Å². The number of carbonyl (C=O) groups excluding carboxylic acids is 1. The minimum absolute atomic E-state index is 0.00377. The molecule has 0 spiro atoms. The lowest BCUT2D eigenvalue weighted by Gasteiger charge is -2.13. The first-order valence-corrected chi connectivity index (χ1v) is 6.93. The van der Waals surface area contributed by atoms with Crippen molar-refractivity contribution >= 4 is 11.7 Å². The monoisotopic (exact) mass is 359 g/mol. The average molecular weight is 359 g/mol. The molecular formula is C15H13F4N3O3. The summed E-state index contributed by atoms with van der Waals surface area (Å²) in [6.07, 6.45) is 1.18. The number of alkyl halides is 2. The van der Waals surface area contributed by atoms with Gasteiger partial charge in [-0.3, -0.25) is 0 Å². The Labute approximate surface area is 139 Å². The molecule has 1 heterocycles. The highest BCUT2D eigenvalue weighted by molar-refractivity contribution is 5.89. The third-order valence-corrected chi connectivity index (χ3v) is 3.09. The van der Waals surface area contributed by atoms with Gasteiger partial charge >= 0.3 is 12.6 Å². The number of ether oxygens (including phenoxy) is 1. The molecule has 3 N–H and O–H groups in total. The number of hydrogen-bond donors (Lipinski definition) is 3. The van der Waals surface area contributed by atoms with E-state index in [2.05, 4.69) is 20.4 Å². The maximum absolute atomic E-state index is 13.1. The van der Waals surface area contributed by atoms with Gasteiger partial charge in [-0.15, -0.1) is 0 Å². The molecule has 0 bridgehead atoms. The van der Waals surface area contributed by atoms with Crippen LogP contribution in [0.2, 0.25) is 0 Å². The number of halogens is 4. The molecule has 1 aromatic heterocycles. The second-order valence-corrected chi connectivity index (χ2v) is 4.73. The molecule has 0 saturated heterocycles.